The Morgan fingerprint density at radius 1 is 1.53 bits per heavy atom. The molecule has 2 N–H and O–H groups in total. The molecular formula is C10H14N2O3. The summed E-state index contributed by atoms with van der Waals surface area (Å²) >= 11 is 0. The van der Waals surface area contributed by atoms with Gasteiger partial charge in [-0.3, -0.25) is 0 Å². The minimum Gasteiger partial charge on any atom is -0.475 e. The van der Waals surface area contributed by atoms with Crippen LogP contribution in [-0.2, 0) is 0 Å². The second kappa shape index (κ2) is 4.02. The first kappa shape index (κ1) is 10.2. The SMILES string of the molecule is Cc1noc(C(=O)O)c1C1CCNCC1. The van der Waals surface area contributed by atoms with Gasteiger partial charge in [-0.15, -0.1) is 0 Å². The molecule has 0 saturated carbocycles. The molecule has 1 aliphatic rings. The van der Waals surface area contributed by atoms with Crippen LogP contribution in [0.5, 0.6) is 0 Å². The van der Waals surface area contributed by atoms with E-state index in [2.05, 4.69) is 10.5 Å². The number of carboxylic acid groups (broad SMARTS) is 1. The van der Waals surface area contributed by atoms with E-state index >= 15 is 0 Å². The molecule has 2 heterocycles. The van der Waals surface area contributed by atoms with Crippen molar-refractivity contribution in [3.63, 3.8) is 0 Å². The molecule has 82 valence electrons. The topological polar surface area (TPSA) is 75.4 Å². The Hall–Kier alpha value is -1.36. The Morgan fingerprint density at radius 3 is 2.80 bits per heavy atom. The Labute approximate surface area is 87.5 Å². The fourth-order valence-electron chi connectivity index (χ4n) is 2.12. The molecule has 1 aromatic heterocycles. The standard InChI is InChI=1S/C10H14N2O3/c1-6-8(7-2-4-11-5-3-7)9(10(13)14)15-12-6/h7,11H,2-5H2,1H3,(H,13,14). The van der Waals surface area contributed by atoms with Gasteiger partial charge >= 0.3 is 5.97 Å². The van der Waals surface area contributed by atoms with E-state index in [0.717, 1.165) is 31.5 Å². The maximum Gasteiger partial charge on any atom is 0.375 e. The van der Waals surface area contributed by atoms with E-state index in [4.69, 9.17) is 9.63 Å². The maximum atomic E-state index is 10.9. The van der Waals surface area contributed by atoms with Gasteiger partial charge in [0, 0.05) is 5.56 Å². The number of aryl methyl sites for hydroxylation is 1. The van der Waals surface area contributed by atoms with E-state index in [0.29, 0.717) is 5.69 Å². The summed E-state index contributed by atoms with van der Waals surface area (Å²) in [5.41, 5.74) is 1.49. The van der Waals surface area contributed by atoms with Gasteiger partial charge < -0.3 is 14.9 Å². The molecule has 0 aliphatic carbocycles. The third kappa shape index (κ3) is 1.87. The Kier molecular flexibility index (Phi) is 2.73. The van der Waals surface area contributed by atoms with Gasteiger partial charge in [-0.2, -0.15) is 0 Å². The number of carbonyl (C=O) groups is 1. The van der Waals surface area contributed by atoms with Gasteiger partial charge in [-0.1, -0.05) is 5.16 Å². The van der Waals surface area contributed by atoms with Gasteiger partial charge in [0.2, 0.25) is 5.76 Å². The van der Waals surface area contributed by atoms with Crippen LogP contribution in [0.1, 0.15) is 40.6 Å². The van der Waals surface area contributed by atoms with Crippen LogP contribution in [0, 0.1) is 6.92 Å². The normalized spacial score (nSPS) is 17.9. The highest BCUT2D eigenvalue weighted by Gasteiger charge is 2.27. The summed E-state index contributed by atoms with van der Waals surface area (Å²) in [5.74, 6) is -0.743. The monoisotopic (exact) mass is 210 g/mol. The van der Waals surface area contributed by atoms with Crippen molar-refractivity contribution in [1.29, 1.82) is 0 Å². The molecule has 1 saturated heterocycles. The molecule has 0 amide bonds. The smallest absolute Gasteiger partial charge is 0.375 e. The summed E-state index contributed by atoms with van der Waals surface area (Å²) in [7, 11) is 0. The predicted octanol–water partition coefficient (Wildman–Crippen LogP) is 1.15. The van der Waals surface area contributed by atoms with E-state index in [9.17, 15) is 4.79 Å². The summed E-state index contributed by atoms with van der Waals surface area (Å²) in [6.07, 6.45) is 1.89. The molecule has 0 aromatic carbocycles. The number of hydrogen-bond donors (Lipinski definition) is 2. The Balaban J connectivity index is 2.32. The summed E-state index contributed by atoms with van der Waals surface area (Å²) in [4.78, 5) is 10.9. The second-order valence-electron chi connectivity index (χ2n) is 3.84. The van der Waals surface area contributed by atoms with Crippen LogP contribution in [-0.4, -0.2) is 29.3 Å². The molecule has 1 fully saturated rings. The highest BCUT2D eigenvalue weighted by atomic mass is 16.5. The van der Waals surface area contributed by atoms with E-state index in [1.54, 1.807) is 6.92 Å². The largest absolute Gasteiger partial charge is 0.475 e. The quantitative estimate of drug-likeness (QED) is 0.765. The molecule has 5 heteroatoms. The maximum absolute atomic E-state index is 10.9. The fraction of sp³-hybridized carbons (Fsp3) is 0.600. The van der Waals surface area contributed by atoms with Crippen molar-refractivity contribution in [3.05, 3.63) is 17.0 Å². The lowest BCUT2D eigenvalue weighted by molar-refractivity contribution is 0.0649. The van der Waals surface area contributed by atoms with Crippen LogP contribution < -0.4 is 5.32 Å². The number of carboxylic acids is 1. The molecule has 15 heavy (non-hydrogen) atoms. The lowest BCUT2D eigenvalue weighted by Gasteiger charge is -2.22. The minimum atomic E-state index is -1.02. The lowest BCUT2D eigenvalue weighted by Crippen LogP contribution is -2.27. The van der Waals surface area contributed by atoms with Crippen LogP contribution in [0.25, 0.3) is 0 Å². The number of aromatic nitrogens is 1. The van der Waals surface area contributed by atoms with E-state index in [-0.39, 0.29) is 11.7 Å². The molecule has 1 aromatic rings. The van der Waals surface area contributed by atoms with Crippen molar-refractivity contribution in [2.45, 2.75) is 25.7 Å². The highest BCUT2D eigenvalue weighted by molar-refractivity contribution is 5.86. The summed E-state index contributed by atoms with van der Waals surface area (Å²) in [6.45, 7) is 3.65. The average Bonchev–Trinajstić information content (AvgIpc) is 2.61. The van der Waals surface area contributed by atoms with Gasteiger partial charge in [0.1, 0.15) is 0 Å². The van der Waals surface area contributed by atoms with Crippen LogP contribution in [0.3, 0.4) is 0 Å². The first-order valence-corrected chi connectivity index (χ1v) is 5.10. The van der Waals surface area contributed by atoms with Crippen molar-refractivity contribution < 1.29 is 14.4 Å². The highest BCUT2D eigenvalue weighted by Crippen LogP contribution is 2.30. The molecule has 0 unspecified atom stereocenters. The fourth-order valence-corrected chi connectivity index (χ4v) is 2.12. The number of nitrogens with one attached hydrogen (secondary N) is 1. The van der Waals surface area contributed by atoms with Crippen molar-refractivity contribution >= 4 is 5.97 Å². The number of hydrogen-bond acceptors (Lipinski definition) is 4. The van der Waals surface area contributed by atoms with E-state index < -0.39 is 5.97 Å². The summed E-state index contributed by atoms with van der Waals surface area (Å²) in [5, 5.41) is 15.9. The van der Waals surface area contributed by atoms with Gasteiger partial charge in [0.05, 0.1) is 5.69 Å². The minimum absolute atomic E-state index is 0.0133. The molecule has 0 bridgehead atoms. The van der Waals surface area contributed by atoms with Crippen molar-refractivity contribution in [2.75, 3.05) is 13.1 Å². The lowest BCUT2D eigenvalue weighted by atomic mass is 9.89. The Bertz CT molecular complexity index is 367. The van der Waals surface area contributed by atoms with Crippen LogP contribution >= 0.6 is 0 Å². The molecule has 5 nitrogen and oxygen atoms in total. The molecule has 2 rings (SSSR count). The molecule has 1 aliphatic heterocycles. The van der Waals surface area contributed by atoms with Gasteiger partial charge in [0.15, 0.2) is 0 Å². The van der Waals surface area contributed by atoms with E-state index in [1.165, 1.54) is 0 Å². The average molecular weight is 210 g/mol. The van der Waals surface area contributed by atoms with Crippen molar-refractivity contribution in [1.82, 2.24) is 10.5 Å². The van der Waals surface area contributed by atoms with E-state index in [1.807, 2.05) is 0 Å². The van der Waals surface area contributed by atoms with Crippen LogP contribution in [0.15, 0.2) is 4.52 Å². The molecular weight excluding hydrogens is 196 g/mol. The third-order valence-corrected chi connectivity index (χ3v) is 2.85. The number of rotatable bonds is 2. The predicted molar refractivity (Wildman–Crippen MR) is 53.0 cm³/mol. The van der Waals surface area contributed by atoms with Crippen LogP contribution in [0.4, 0.5) is 0 Å². The zero-order valence-electron chi connectivity index (χ0n) is 8.62. The first-order valence-electron chi connectivity index (χ1n) is 5.10. The first-order chi connectivity index (χ1) is 7.20. The molecule has 0 radical (unpaired) electrons. The summed E-state index contributed by atoms with van der Waals surface area (Å²) < 4.78 is 4.84. The number of aromatic carboxylic acids is 1. The van der Waals surface area contributed by atoms with Crippen LogP contribution in [0.2, 0.25) is 0 Å². The molecule has 0 spiro atoms. The zero-order chi connectivity index (χ0) is 10.8. The summed E-state index contributed by atoms with van der Waals surface area (Å²) in [6, 6.07) is 0. The van der Waals surface area contributed by atoms with Crippen molar-refractivity contribution in [2.24, 2.45) is 0 Å². The zero-order valence-corrected chi connectivity index (χ0v) is 8.62. The van der Waals surface area contributed by atoms with Gasteiger partial charge in [-0.05, 0) is 38.8 Å². The number of nitrogens with zero attached hydrogens (tertiary/aromatic N) is 1. The van der Waals surface area contributed by atoms with Gasteiger partial charge in [-0.25, -0.2) is 4.79 Å². The second-order valence-corrected chi connectivity index (χ2v) is 3.84. The third-order valence-electron chi connectivity index (χ3n) is 2.85. The Morgan fingerprint density at radius 2 is 2.20 bits per heavy atom. The van der Waals surface area contributed by atoms with Gasteiger partial charge in [0.25, 0.3) is 0 Å². The number of piperidine rings is 1. The molecule has 0 atom stereocenters. The van der Waals surface area contributed by atoms with Crippen molar-refractivity contribution in [3.8, 4) is 0 Å².